The van der Waals surface area contributed by atoms with Gasteiger partial charge in [-0.2, -0.15) is 8.78 Å². The van der Waals surface area contributed by atoms with E-state index in [1.165, 1.54) is 0 Å². The molecule has 0 saturated heterocycles. The van der Waals surface area contributed by atoms with Gasteiger partial charge in [0.15, 0.2) is 0 Å². The van der Waals surface area contributed by atoms with Crippen LogP contribution in [0.15, 0.2) is 48.3 Å². The van der Waals surface area contributed by atoms with Gasteiger partial charge in [-0.05, 0) is 38.8 Å². The minimum absolute atomic E-state index is 0.223. The van der Waals surface area contributed by atoms with Crippen LogP contribution in [0.25, 0.3) is 0 Å². The molecule has 0 aromatic rings. The Balaban J connectivity index is 2.17. The zero-order chi connectivity index (χ0) is 15.5. The van der Waals surface area contributed by atoms with Gasteiger partial charge >= 0.3 is 6.11 Å². The molecule has 0 spiro atoms. The lowest BCUT2D eigenvalue weighted by atomic mass is 9.88. The fourth-order valence-electron chi connectivity index (χ4n) is 3.01. The smallest absolute Gasteiger partial charge is 0.400 e. The first-order valence-corrected chi connectivity index (χ1v) is 7.65. The largest absolute Gasteiger partial charge is 0.433 e. The van der Waals surface area contributed by atoms with Crippen molar-refractivity contribution in [2.24, 2.45) is 11.3 Å². The van der Waals surface area contributed by atoms with E-state index in [0.717, 1.165) is 24.8 Å². The van der Waals surface area contributed by atoms with Crippen molar-refractivity contribution in [3.63, 3.8) is 0 Å². The molecule has 1 saturated carbocycles. The van der Waals surface area contributed by atoms with E-state index in [2.05, 4.69) is 6.58 Å². The van der Waals surface area contributed by atoms with E-state index in [4.69, 9.17) is 4.74 Å². The van der Waals surface area contributed by atoms with Crippen molar-refractivity contribution < 1.29 is 13.5 Å². The maximum Gasteiger partial charge on any atom is 0.400 e. The van der Waals surface area contributed by atoms with E-state index >= 15 is 0 Å². The molecule has 1 atom stereocenters. The molecule has 0 heterocycles. The average Bonchev–Trinajstić information content (AvgIpc) is 2.58. The van der Waals surface area contributed by atoms with Crippen molar-refractivity contribution in [2.45, 2.75) is 52.1 Å². The summed E-state index contributed by atoms with van der Waals surface area (Å²) in [4.78, 5) is 0. The van der Waals surface area contributed by atoms with Crippen molar-refractivity contribution in [1.82, 2.24) is 0 Å². The Labute approximate surface area is 126 Å². The number of hydrogen-bond acceptors (Lipinski definition) is 1. The van der Waals surface area contributed by atoms with E-state index in [1.54, 1.807) is 24.3 Å². The molecule has 3 heteroatoms. The second-order valence-electron chi connectivity index (χ2n) is 6.34. The molecule has 1 fully saturated rings. The number of rotatable bonds is 4. The average molecular weight is 294 g/mol. The van der Waals surface area contributed by atoms with Crippen molar-refractivity contribution in [1.29, 1.82) is 0 Å². The van der Waals surface area contributed by atoms with Gasteiger partial charge in [-0.1, -0.05) is 43.1 Å². The summed E-state index contributed by atoms with van der Waals surface area (Å²) < 4.78 is 33.8. The molecule has 0 radical (unpaired) electrons. The second-order valence-corrected chi connectivity index (χ2v) is 6.34. The maximum absolute atomic E-state index is 14.3. The van der Waals surface area contributed by atoms with Gasteiger partial charge in [0.05, 0.1) is 5.92 Å². The molecule has 1 unspecified atom stereocenters. The van der Waals surface area contributed by atoms with Gasteiger partial charge in [0, 0.05) is 5.41 Å². The molecular formula is C18H24F2O. The monoisotopic (exact) mass is 294 g/mol. The highest BCUT2D eigenvalue weighted by molar-refractivity contribution is 5.35. The molecule has 0 bridgehead atoms. The number of hydrogen-bond donors (Lipinski definition) is 0. The van der Waals surface area contributed by atoms with E-state index in [-0.39, 0.29) is 5.76 Å². The highest BCUT2D eigenvalue weighted by Crippen LogP contribution is 2.40. The molecule has 21 heavy (non-hydrogen) atoms. The van der Waals surface area contributed by atoms with Gasteiger partial charge in [0.2, 0.25) is 0 Å². The fourth-order valence-corrected chi connectivity index (χ4v) is 3.01. The Bertz CT molecular complexity index is 481. The molecule has 116 valence electrons. The third-order valence-corrected chi connectivity index (χ3v) is 4.28. The van der Waals surface area contributed by atoms with Crippen LogP contribution in [0.3, 0.4) is 0 Å². The third kappa shape index (κ3) is 4.05. The Hall–Kier alpha value is -1.38. The summed E-state index contributed by atoms with van der Waals surface area (Å²) in [5, 5.41) is 0. The van der Waals surface area contributed by atoms with Crippen LogP contribution >= 0.6 is 0 Å². The van der Waals surface area contributed by atoms with Gasteiger partial charge in [0.25, 0.3) is 0 Å². The molecule has 2 rings (SSSR count). The summed E-state index contributed by atoms with van der Waals surface area (Å²) in [7, 11) is 0. The molecule has 0 aliphatic heterocycles. The first-order valence-electron chi connectivity index (χ1n) is 7.65. The lowest BCUT2D eigenvalue weighted by Crippen LogP contribution is -2.32. The number of allylic oxidation sites excluding steroid dienone is 6. The lowest BCUT2D eigenvalue weighted by Gasteiger charge is -2.30. The van der Waals surface area contributed by atoms with Gasteiger partial charge in [-0.15, -0.1) is 6.58 Å². The van der Waals surface area contributed by atoms with Crippen molar-refractivity contribution in [3.05, 3.63) is 48.3 Å². The number of ether oxygens (including phenoxy) is 1. The summed E-state index contributed by atoms with van der Waals surface area (Å²) in [6.07, 6.45) is 9.63. The standard InChI is InChI=1S/C18H24F2O/c1-4-17(3)12-14(2)10-11-16(13-17)21-18(19,20)15-8-6-5-7-9-15/h4,10-13,15H,1,5-9H2,2-3H3. The van der Waals surface area contributed by atoms with E-state index in [0.29, 0.717) is 12.8 Å². The highest BCUT2D eigenvalue weighted by atomic mass is 19.3. The normalized spacial score (nSPS) is 27.6. The van der Waals surface area contributed by atoms with E-state index in [1.807, 2.05) is 19.9 Å². The van der Waals surface area contributed by atoms with Crippen LogP contribution in [-0.4, -0.2) is 6.11 Å². The van der Waals surface area contributed by atoms with Crippen LogP contribution in [0.2, 0.25) is 0 Å². The lowest BCUT2D eigenvalue weighted by molar-refractivity contribution is -0.252. The van der Waals surface area contributed by atoms with E-state index in [9.17, 15) is 8.78 Å². The van der Waals surface area contributed by atoms with Crippen LogP contribution in [-0.2, 0) is 4.74 Å². The zero-order valence-electron chi connectivity index (χ0n) is 12.9. The van der Waals surface area contributed by atoms with Crippen LogP contribution in [0, 0.1) is 11.3 Å². The second kappa shape index (κ2) is 6.17. The number of halogens is 2. The van der Waals surface area contributed by atoms with Gasteiger partial charge < -0.3 is 4.74 Å². The molecule has 0 N–H and O–H groups in total. The zero-order valence-corrected chi connectivity index (χ0v) is 12.9. The fraction of sp³-hybridized carbons (Fsp3) is 0.556. The molecule has 0 amide bonds. The summed E-state index contributed by atoms with van der Waals surface area (Å²) >= 11 is 0. The molecule has 1 nitrogen and oxygen atoms in total. The van der Waals surface area contributed by atoms with Gasteiger partial charge in [-0.3, -0.25) is 0 Å². The van der Waals surface area contributed by atoms with Crippen LogP contribution in [0.1, 0.15) is 46.0 Å². The quantitative estimate of drug-likeness (QED) is 0.598. The first-order chi connectivity index (χ1) is 9.85. The van der Waals surface area contributed by atoms with Crippen molar-refractivity contribution in [3.8, 4) is 0 Å². The summed E-state index contributed by atoms with van der Waals surface area (Å²) in [6, 6.07) is 0. The molecule has 2 aliphatic rings. The summed E-state index contributed by atoms with van der Waals surface area (Å²) in [6.45, 7) is 7.66. The third-order valence-electron chi connectivity index (χ3n) is 4.28. The SMILES string of the molecule is C=CC1(C)C=C(C)C=CC(OC(F)(F)C2CCCCC2)=C1. The van der Waals surface area contributed by atoms with Crippen molar-refractivity contribution in [2.75, 3.05) is 0 Å². The van der Waals surface area contributed by atoms with Crippen molar-refractivity contribution >= 4 is 0 Å². The molecule has 2 aliphatic carbocycles. The Morgan fingerprint density at radius 3 is 2.52 bits per heavy atom. The topological polar surface area (TPSA) is 9.23 Å². The molecule has 0 aromatic heterocycles. The molecular weight excluding hydrogens is 270 g/mol. The summed E-state index contributed by atoms with van der Waals surface area (Å²) in [5.74, 6) is -0.450. The number of alkyl halides is 2. The Morgan fingerprint density at radius 1 is 1.24 bits per heavy atom. The predicted octanol–water partition coefficient (Wildman–Crippen LogP) is 5.77. The summed E-state index contributed by atoms with van der Waals surface area (Å²) in [5.41, 5.74) is 0.541. The van der Waals surface area contributed by atoms with Gasteiger partial charge in [-0.25, -0.2) is 0 Å². The van der Waals surface area contributed by atoms with Crippen LogP contribution in [0.5, 0.6) is 0 Å². The minimum Gasteiger partial charge on any atom is -0.433 e. The Kier molecular flexibility index (Phi) is 4.70. The van der Waals surface area contributed by atoms with E-state index < -0.39 is 17.4 Å². The van der Waals surface area contributed by atoms with Crippen LogP contribution < -0.4 is 0 Å². The maximum atomic E-state index is 14.3. The first kappa shape index (κ1) is 16.0. The highest BCUT2D eigenvalue weighted by Gasteiger charge is 2.43. The van der Waals surface area contributed by atoms with Crippen LogP contribution in [0.4, 0.5) is 8.78 Å². The Morgan fingerprint density at radius 2 is 1.90 bits per heavy atom. The molecule has 0 aromatic carbocycles. The minimum atomic E-state index is -3.10. The predicted molar refractivity (Wildman–Crippen MR) is 81.9 cm³/mol. The van der Waals surface area contributed by atoms with Gasteiger partial charge in [0.1, 0.15) is 5.76 Å².